The van der Waals surface area contributed by atoms with Crippen LogP contribution in [-0.2, 0) is 65.4 Å². The monoisotopic (exact) mass is 1660 g/mol. The molecule has 4 bridgehead atoms. The molecule has 4 aromatic carbocycles. The molecule has 38 heteroatoms. The van der Waals surface area contributed by atoms with Gasteiger partial charge in [-0.1, -0.05) is 60.1 Å². The third kappa shape index (κ3) is 16.9. The molecule has 0 aliphatic carbocycles. The van der Waals surface area contributed by atoms with E-state index in [1.165, 1.54) is 61.5 Å². The molecule has 12 aromatic rings. The highest BCUT2D eigenvalue weighted by molar-refractivity contribution is 6.92. The molecule has 620 valence electrons. The fraction of sp³-hybridized carbons (Fsp3) is 0.341. The van der Waals surface area contributed by atoms with Gasteiger partial charge < -0.3 is 44.9 Å². The molecule has 7 atom stereocenters. The topological polar surface area (TPSA) is 378 Å². The number of carbonyl (C=O) groups is 6. The Hall–Kier alpha value is -13.2. The first kappa shape index (κ1) is 81.9. The summed E-state index contributed by atoms with van der Waals surface area (Å²) < 4.78 is 88.4. The summed E-state index contributed by atoms with van der Waals surface area (Å²) in [5.74, 6) is 10.8. The Morgan fingerprint density at radius 2 is 1.07 bits per heavy atom. The number of piperidine rings is 2. The fourth-order valence-electron chi connectivity index (χ4n) is 15.6. The number of para-hydroxylation sites is 2. The first-order chi connectivity index (χ1) is 57.6. The van der Waals surface area contributed by atoms with Crippen molar-refractivity contribution >= 4 is 102 Å². The molecule has 6 N–H and O–H groups in total. The number of alkyl halides is 4. The van der Waals surface area contributed by atoms with Crippen LogP contribution in [0, 0.1) is 23.7 Å². The summed E-state index contributed by atoms with van der Waals surface area (Å²) >= 11 is 0. The maximum atomic E-state index is 14.2. The van der Waals surface area contributed by atoms with E-state index in [-0.39, 0.29) is 99.5 Å². The van der Waals surface area contributed by atoms with E-state index in [1.807, 2.05) is 48.5 Å². The molecule has 18 rings (SSSR count). The van der Waals surface area contributed by atoms with Crippen LogP contribution in [0.15, 0.2) is 144 Å². The number of hydrogen-bond donors (Lipinski definition) is 5. The smallest absolute Gasteiger partial charge is 0.341 e. The SMILES string of the molecule is Cn1c(=O)n(C2CCC(=O)NC2=O)c2cccc(C#CCCCOCc3ccc(-n4cc(N)c(C(F)F)n4)cc3)c21.Cn1c(=O)n(C2CCC(=O)NC2=O)c2cccc(C#CCCCOCc3ccc(-n4cc(NC(=O)c5cnn6ccc(N7C[C@H]8C[C@@H]7CO8)nc56)c(C(F)F)n4)cc3)c21.O=C(O)c1cnn2ccc(N3C[C@H]4C[C@@H]3CO4)nc12.P. The summed E-state index contributed by atoms with van der Waals surface area (Å²) in [5.41, 5.74) is 11.3. The molecule has 33 nitrogen and oxygen atoms in total. The largest absolute Gasteiger partial charge is 0.477 e. The van der Waals surface area contributed by atoms with Crippen molar-refractivity contribution in [1.29, 1.82) is 0 Å². The number of rotatable bonds is 21. The van der Waals surface area contributed by atoms with E-state index in [9.17, 15) is 55.9 Å². The number of aromatic carboxylic acids is 1. The van der Waals surface area contributed by atoms with Gasteiger partial charge in [0.15, 0.2) is 22.7 Å². The summed E-state index contributed by atoms with van der Waals surface area (Å²) in [6.07, 6.45) is 8.90. The number of unbranched alkanes of at least 4 members (excludes halogenated alkanes) is 2. The second-order valence-corrected chi connectivity index (χ2v) is 29.3. The lowest BCUT2D eigenvalue weighted by Gasteiger charge is -2.27. The Labute approximate surface area is 682 Å². The third-order valence-electron chi connectivity index (χ3n) is 21.6. The van der Waals surface area contributed by atoms with Crippen LogP contribution in [0.5, 0.6) is 0 Å². The molecule has 5 amide bonds. The number of halogens is 4. The van der Waals surface area contributed by atoms with E-state index in [0.717, 1.165) is 42.9 Å². The molecular formula is C82H81F4N20O13P. The van der Waals surface area contributed by atoms with Crippen LogP contribution in [0.25, 0.3) is 44.7 Å². The molecular weight excluding hydrogens is 1580 g/mol. The number of nitrogens with two attached hydrogens (primary N) is 1. The van der Waals surface area contributed by atoms with Crippen molar-refractivity contribution in [2.45, 2.75) is 127 Å². The molecule has 0 saturated carbocycles. The number of imidazole rings is 2. The first-order valence-corrected chi connectivity index (χ1v) is 38.5. The molecule has 120 heavy (non-hydrogen) atoms. The summed E-state index contributed by atoms with van der Waals surface area (Å²) in [6.45, 7) is 4.50. The fourth-order valence-corrected chi connectivity index (χ4v) is 15.6. The predicted octanol–water partition coefficient (Wildman–Crippen LogP) is 7.90. The molecule has 0 spiro atoms. The first-order valence-electron chi connectivity index (χ1n) is 38.5. The van der Waals surface area contributed by atoms with Gasteiger partial charge in [0.25, 0.3) is 18.8 Å². The zero-order valence-electron chi connectivity index (χ0n) is 64.8. The number of aromatic nitrogens is 14. The van der Waals surface area contributed by atoms with Crippen LogP contribution in [-0.4, -0.2) is 171 Å². The maximum absolute atomic E-state index is 14.2. The van der Waals surface area contributed by atoms with E-state index in [4.69, 9.17) is 34.8 Å². The van der Waals surface area contributed by atoms with Gasteiger partial charge in [-0.3, -0.25) is 52.9 Å². The second kappa shape index (κ2) is 35.2. The van der Waals surface area contributed by atoms with E-state index in [2.05, 4.69) is 74.8 Å². The van der Waals surface area contributed by atoms with Crippen molar-refractivity contribution in [2.24, 2.45) is 14.1 Å². The number of benzene rings is 4. The number of hydrogen-bond acceptors (Lipinski definition) is 21. The number of nitrogens with zero attached hydrogens (tertiary/aromatic N) is 16. The van der Waals surface area contributed by atoms with Crippen molar-refractivity contribution in [3.63, 3.8) is 0 Å². The van der Waals surface area contributed by atoms with Crippen molar-refractivity contribution < 1.29 is 70.4 Å². The Morgan fingerprint density at radius 1 is 0.617 bits per heavy atom. The summed E-state index contributed by atoms with van der Waals surface area (Å²) in [6, 6.07) is 27.8. The van der Waals surface area contributed by atoms with Crippen LogP contribution in [0.3, 0.4) is 0 Å². The number of carboxylic acid groups (broad SMARTS) is 1. The van der Waals surface area contributed by atoms with Crippen molar-refractivity contribution in [3.8, 4) is 35.1 Å². The number of ether oxygens (including phenoxy) is 4. The predicted molar refractivity (Wildman–Crippen MR) is 433 cm³/mol. The quantitative estimate of drug-likeness (QED) is 0.0150. The van der Waals surface area contributed by atoms with Crippen molar-refractivity contribution in [1.82, 2.24) is 77.7 Å². The molecule has 3 unspecified atom stereocenters. The van der Waals surface area contributed by atoms with Crippen LogP contribution in [0.4, 0.5) is 40.6 Å². The van der Waals surface area contributed by atoms with Crippen molar-refractivity contribution in [2.75, 3.05) is 60.4 Å². The van der Waals surface area contributed by atoms with Gasteiger partial charge in [0.1, 0.15) is 34.8 Å². The molecule has 6 aliphatic heterocycles. The number of amides is 5. The standard InChI is InChI=1S/C41H38F2N10O6.C29H28F2N6O4.C12H12N4O3.H3P/c1-49-36-25(7-5-8-31(36)53(41(49)57)32-13-14-34(54)47-40(32)56)6-3-2-4-17-58-22-24-9-11-26(12-10-24)52-21-30(35(48-52)37(42)43)45-39(55)29-19-44-51-16-15-33(46-38(29)51)50-20-28-18-27(50)23-59-28;1-35-26-19(7-5-8-22(26)37(29(35)40)23-13-14-24(38)33-28(23)39)6-3-2-4-15-41-17-18-9-11-20(12-10-18)36-16-21(32)25(34-36)27(30)31;17-12(18)9-4-13-16-2-1-10(14-11(9)16)15-5-8-3-7(15)6-19-8;/h5,7-12,15-16,19,21,27-28,32,37H,2,4,13-14,17-18,20,22-23H2,1H3,(H,45,55)(H,47,54,56);5,7-12,16,23,27H,2,4,13-15,17,32H2,1H3,(H,33,38,39);1-2,4,7-8H,3,5-6H2,(H,17,18);1H3/t27-,28-,32?;;7-,8-;/m1.1./s1. The van der Waals surface area contributed by atoms with Crippen LogP contribution in [0.2, 0.25) is 0 Å². The number of carboxylic acids is 1. The van der Waals surface area contributed by atoms with E-state index in [0.29, 0.717) is 133 Å². The third-order valence-corrected chi connectivity index (χ3v) is 21.6. The molecule has 6 aliphatic rings. The lowest BCUT2D eigenvalue weighted by molar-refractivity contribution is -0.137. The number of anilines is 4. The van der Waals surface area contributed by atoms with Gasteiger partial charge in [0.2, 0.25) is 23.6 Å². The summed E-state index contributed by atoms with van der Waals surface area (Å²) in [7, 11) is 3.28. The Kier molecular flexibility index (Phi) is 24.0. The Balaban J connectivity index is 0.000000158. The maximum Gasteiger partial charge on any atom is 0.341 e. The van der Waals surface area contributed by atoms with Crippen LogP contribution >= 0.6 is 9.90 Å². The van der Waals surface area contributed by atoms with Gasteiger partial charge in [-0.05, 0) is 110 Å². The average Bonchev–Trinajstić information content (AvgIpc) is 1.57. The van der Waals surface area contributed by atoms with Gasteiger partial charge in [-0.15, -0.1) is 0 Å². The normalized spacial score (nSPS) is 18.5. The minimum absolute atomic E-state index is 0. The summed E-state index contributed by atoms with van der Waals surface area (Å²) in [4.78, 5) is 112. The minimum Gasteiger partial charge on any atom is -0.477 e. The number of aryl methyl sites for hydroxylation is 2. The van der Waals surface area contributed by atoms with Crippen LogP contribution < -0.4 is 42.9 Å². The lowest BCUT2D eigenvalue weighted by atomic mass is 10.1. The number of nitrogens with one attached hydrogen (secondary N) is 3. The minimum atomic E-state index is -2.94. The molecule has 8 aromatic heterocycles. The number of carbonyl (C=O) groups excluding carboxylic acids is 5. The van der Waals surface area contributed by atoms with Crippen LogP contribution in [0.1, 0.15) is 144 Å². The number of morpholine rings is 2. The lowest BCUT2D eigenvalue weighted by Crippen LogP contribution is -2.44. The van der Waals surface area contributed by atoms with Gasteiger partial charge in [0, 0.05) is 78.5 Å². The van der Waals surface area contributed by atoms with Gasteiger partial charge >= 0.3 is 17.3 Å². The average molecular weight is 1660 g/mol. The number of fused-ring (bicyclic) bond motifs is 8. The van der Waals surface area contributed by atoms with E-state index >= 15 is 0 Å². The van der Waals surface area contributed by atoms with Gasteiger partial charge in [-0.25, -0.2) is 60.3 Å². The van der Waals surface area contributed by atoms with Gasteiger partial charge in [0.05, 0.1) is 131 Å². The highest BCUT2D eigenvalue weighted by atomic mass is 31.0. The zero-order chi connectivity index (χ0) is 82.9. The molecule has 6 fully saturated rings. The molecule has 0 radical (unpaired) electrons. The van der Waals surface area contributed by atoms with E-state index < -0.39 is 60.0 Å². The highest BCUT2D eigenvalue weighted by Gasteiger charge is 2.42. The second-order valence-electron chi connectivity index (χ2n) is 29.3. The van der Waals surface area contributed by atoms with E-state index in [1.54, 1.807) is 75.0 Å². The number of nitrogen functional groups attached to an aromatic ring is 1. The zero-order valence-corrected chi connectivity index (χ0v) is 66.3. The Morgan fingerprint density at radius 3 is 1.51 bits per heavy atom. The molecule has 6 saturated heterocycles. The van der Waals surface area contributed by atoms with Gasteiger partial charge in [-0.2, -0.15) is 30.3 Å². The highest BCUT2D eigenvalue weighted by Crippen LogP contribution is 2.36. The Bertz CT molecular complexity index is 6230. The molecule has 14 heterocycles. The number of imide groups is 2. The summed E-state index contributed by atoms with van der Waals surface area (Å²) in [5, 5.41) is 32.5. The van der Waals surface area contributed by atoms with Crippen molar-refractivity contribution in [3.05, 3.63) is 200 Å².